The molecule has 29 heavy (non-hydrogen) atoms. The molecular weight excluding hydrogens is 379 g/mol. The molecule has 2 aromatic heterocycles. The van der Waals surface area contributed by atoms with Gasteiger partial charge < -0.3 is 15.3 Å². The molecule has 0 bridgehead atoms. The van der Waals surface area contributed by atoms with Crippen molar-refractivity contribution in [3.05, 3.63) is 53.6 Å². The van der Waals surface area contributed by atoms with Gasteiger partial charge in [-0.05, 0) is 24.6 Å². The number of fused-ring (bicyclic) bond motifs is 1. The van der Waals surface area contributed by atoms with Crippen LogP contribution in [-0.2, 0) is 18.4 Å². The van der Waals surface area contributed by atoms with Crippen LogP contribution in [0.25, 0.3) is 11.3 Å². The molecule has 3 aromatic rings. The van der Waals surface area contributed by atoms with Crippen LogP contribution < -0.4 is 5.32 Å². The molecule has 1 aliphatic heterocycles. The number of hydrogen-bond acceptors (Lipinski definition) is 6. The smallest absolute Gasteiger partial charge is 0.326 e. The van der Waals surface area contributed by atoms with Crippen LogP contribution in [0.5, 0.6) is 0 Å². The second-order valence-electron chi connectivity index (χ2n) is 6.64. The Balaban J connectivity index is 1.68. The number of carbonyl (C=O) groups excluding carboxylic acids is 1. The van der Waals surface area contributed by atoms with E-state index in [1.165, 1.54) is 25.3 Å². The maximum Gasteiger partial charge on any atom is 0.326 e. The van der Waals surface area contributed by atoms with Crippen LogP contribution >= 0.6 is 0 Å². The van der Waals surface area contributed by atoms with Gasteiger partial charge in [0.2, 0.25) is 5.95 Å². The van der Waals surface area contributed by atoms with E-state index in [0.717, 1.165) is 4.90 Å². The van der Waals surface area contributed by atoms with Crippen molar-refractivity contribution in [3.63, 3.8) is 0 Å². The topological polar surface area (TPSA) is 113 Å². The Morgan fingerprint density at radius 2 is 2.07 bits per heavy atom. The summed E-state index contributed by atoms with van der Waals surface area (Å²) in [4.78, 5) is 33.5. The van der Waals surface area contributed by atoms with Gasteiger partial charge in [-0.3, -0.25) is 9.48 Å². The number of carbonyl (C=O) groups is 2. The first kappa shape index (κ1) is 18.5. The Morgan fingerprint density at radius 3 is 2.76 bits per heavy atom. The standard InChI is InChI=1S/C19H17FN6O3/c1-10(18(28)29)26-9-11-3-4-12(16(20)15(11)17(26)27)13-5-7-21-19(23-13)24-14-6-8-22-25(14)2/h3-8,10H,9H2,1-2H3,(H,28,29)(H,21,23,24)/t10-/m1/s1. The third kappa shape index (κ3) is 3.18. The van der Waals surface area contributed by atoms with Gasteiger partial charge in [0.05, 0.1) is 17.5 Å². The van der Waals surface area contributed by atoms with E-state index in [1.807, 2.05) is 0 Å². The summed E-state index contributed by atoms with van der Waals surface area (Å²) in [6.45, 7) is 1.45. The number of aliphatic carboxylic acids is 1. The van der Waals surface area contributed by atoms with Gasteiger partial charge in [-0.25, -0.2) is 19.2 Å². The molecule has 2 N–H and O–H groups in total. The Hall–Kier alpha value is -3.82. The first-order valence-electron chi connectivity index (χ1n) is 8.80. The highest BCUT2D eigenvalue weighted by Crippen LogP contribution is 2.33. The minimum Gasteiger partial charge on any atom is -0.480 e. The van der Waals surface area contributed by atoms with Crippen LogP contribution in [0.15, 0.2) is 36.7 Å². The third-order valence-electron chi connectivity index (χ3n) is 4.86. The molecule has 1 aliphatic rings. The molecule has 0 spiro atoms. The van der Waals surface area contributed by atoms with Gasteiger partial charge in [0.15, 0.2) is 0 Å². The summed E-state index contributed by atoms with van der Waals surface area (Å²) in [5.74, 6) is -1.61. The van der Waals surface area contributed by atoms with E-state index in [2.05, 4.69) is 20.4 Å². The van der Waals surface area contributed by atoms with Crippen LogP contribution in [0, 0.1) is 5.82 Å². The second-order valence-corrected chi connectivity index (χ2v) is 6.64. The van der Waals surface area contributed by atoms with Crippen molar-refractivity contribution in [2.45, 2.75) is 19.5 Å². The van der Waals surface area contributed by atoms with Gasteiger partial charge in [-0.1, -0.05) is 6.07 Å². The molecule has 0 saturated heterocycles. The summed E-state index contributed by atoms with van der Waals surface area (Å²) < 4.78 is 16.8. The molecule has 0 aliphatic carbocycles. The molecule has 4 rings (SSSR count). The van der Waals surface area contributed by atoms with Crippen LogP contribution in [-0.4, -0.2) is 47.7 Å². The highest BCUT2D eigenvalue weighted by atomic mass is 19.1. The second kappa shape index (κ2) is 6.97. The number of nitrogens with one attached hydrogen (secondary N) is 1. The van der Waals surface area contributed by atoms with Crippen LogP contribution in [0.2, 0.25) is 0 Å². The molecule has 1 amide bonds. The lowest BCUT2D eigenvalue weighted by molar-refractivity contribution is -0.141. The average Bonchev–Trinajstić information content (AvgIpc) is 3.25. The van der Waals surface area contributed by atoms with E-state index in [1.54, 1.807) is 30.1 Å². The third-order valence-corrected chi connectivity index (χ3v) is 4.86. The maximum atomic E-state index is 15.2. The van der Waals surface area contributed by atoms with Crippen LogP contribution in [0.3, 0.4) is 0 Å². The molecule has 148 valence electrons. The monoisotopic (exact) mass is 396 g/mol. The van der Waals surface area contributed by atoms with Crippen molar-refractivity contribution in [1.29, 1.82) is 0 Å². The van der Waals surface area contributed by atoms with Crippen LogP contribution in [0.1, 0.15) is 22.8 Å². The SMILES string of the molecule is C[C@H](C(=O)O)N1Cc2ccc(-c3ccnc(Nc4ccnn4C)n3)c(F)c2C1=O. The lowest BCUT2D eigenvalue weighted by atomic mass is 10.0. The quantitative estimate of drug-likeness (QED) is 0.680. The summed E-state index contributed by atoms with van der Waals surface area (Å²) in [5, 5.41) is 16.2. The average molecular weight is 396 g/mol. The van der Waals surface area contributed by atoms with Crippen molar-refractivity contribution in [2.24, 2.45) is 7.05 Å². The van der Waals surface area contributed by atoms with Crippen molar-refractivity contribution >= 4 is 23.6 Å². The van der Waals surface area contributed by atoms with Crippen molar-refractivity contribution in [2.75, 3.05) is 5.32 Å². The van der Waals surface area contributed by atoms with Crippen molar-refractivity contribution in [3.8, 4) is 11.3 Å². The fourth-order valence-corrected chi connectivity index (χ4v) is 3.20. The molecule has 0 fully saturated rings. The number of halogens is 1. The van der Waals surface area contributed by atoms with Crippen molar-refractivity contribution in [1.82, 2.24) is 24.6 Å². The number of carboxylic acids is 1. The molecule has 3 heterocycles. The Kier molecular flexibility index (Phi) is 4.45. The number of anilines is 2. The normalized spacial score (nSPS) is 14.0. The minimum atomic E-state index is -1.14. The number of nitrogens with zero attached hydrogens (tertiary/aromatic N) is 5. The number of benzene rings is 1. The van der Waals surface area contributed by atoms with E-state index < -0.39 is 23.7 Å². The van der Waals surface area contributed by atoms with Crippen LogP contribution in [0.4, 0.5) is 16.2 Å². The van der Waals surface area contributed by atoms with E-state index in [9.17, 15) is 14.7 Å². The first-order chi connectivity index (χ1) is 13.9. The number of aromatic nitrogens is 4. The lowest BCUT2D eigenvalue weighted by Crippen LogP contribution is -2.39. The zero-order chi connectivity index (χ0) is 20.7. The van der Waals surface area contributed by atoms with Gasteiger partial charge in [-0.2, -0.15) is 5.10 Å². The van der Waals surface area contributed by atoms with Gasteiger partial charge in [0.1, 0.15) is 17.7 Å². The van der Waals surface area contributed by atoms with E-state index in [4.69, 9.17) is 0 Å². The zero-order valence-corrected chi connectivity index (χ0v) is 15.6. The molecular formula is C19H17FN6O3. The predicted molar refractivity (Wildman–Crippen MR) is 101 cm³/mol. The summed E-state index contributed by atoms with van der Waals surface area (Å²) in [7, 11) is 1.75. The highest BCUT2D eigenvalue weighted by Gasteiger charge is 2.37. The number of hydrogen-bond donors (Lipinski definition) is 2. The number of rotatable bonds is 5. The molecule has 0 radical (unpaired) electrons. The molecule has 9 nitrogen and oxygen atoms in total. The number of amides is 1. The lowest BCUT2D eigenvalue weighted by Gasteiger charge is -2.20. The fraction of sp³-hybridized carbons (Fsp3) is 0.211. The predicted octanol–water partition coefficient (Wildman–Crippen LogP) is 2.19. The maximum absolute atomic E-state index is 15.2. The summed E-state index contributed by atoms with van der Waals surface area (Å²) >= 11 is 0. The van der Waals surface area contributed by atoms with Gasteiger partial charge >= 0.3 is 5.97 Å². The molecule has 10 heteroatoms. The van der Waals surface area contributed by atoms with E-state index in [0.29, 0.717) is 17.1 Å². The Bertz CT molecular complexity index is 1130. The van der Waals surface area contributed by atoms with Gasteiger partial charge in [0, 0.05) is 31.4 Å². The molecule has 1 atom stereocenters. The van der Waals surface area contributed by atoms with E-state index in [-0.39, 0.29) is 23.6 Å². The Labute approximate surface area is 164 Å². The molecule has 0 saturated carbocycles. The summed E-state index contributed by atoms with van der Waals surface area (Å²) in [5.41, 5.74) is 0.766. The van der Waals surface area contributed by atoms with Crippen molar-refractivity contribution < 1.29 is 19.1 Å². The van der Waals surface area contributed by atoms with Gasteiger partial charge in [0.25, 0.3) is 5.91 Å². The van der Waals surface area contributed by atoms with E-state index >= 15 is 4.39 Å². The molecule has 1 aromatic carbocycles. The fourth-order valence-electron chi connectivity index (χ4n) is 3.20. The van der Waals surface area contributed by atoms with Gasteiger partial charge in [-0.15, -0.1) is 0 Å². The first-order valence-corrected chi connectivity index (χ1v) is 8.80. The largest absolute Gasteiger partial charge is 0.480 e. The minimum absolute atomic E-state index is 0.0515. The Morgan fingerprint density at radius 1 is 1.28 bits per heavy atom. The molecule has 0 unspecified atom stereocenters. The number of aryl methyl sites for hydroxylation is 1. The summed E-state index contributed by atoms with van der Waals surface area (Å²) in [6.07, 6.45) is 3.09. The number of carboxylic acid groups (broad SMARTS) is 1. The summed E-state index contributed by atoms with van der Waals surface area (Å²) in [6, 6.07) is 5.38. The zero-order valence-electron chi connectivity index (χ0n) is 15.6. The highest BCUT2D eigenvalue weighted by molar-refractivity contribution is 6.01.